The number of nitrogens with zero attached hydrogens (tertiary/aromatic N) is 3. The van der Waals surface area contributed by atoms with E-state index in [2.05, 4.69) is 9.88 Å². The average molecular weight is 267 g/mol. The molecule has 0 amide bonds. The second kappa shape index (κ2) is 6.08. The molecule has 0 aliphatic carbocycles. The minimum Gasteiger partial charge on any atom is -0.480 e. The number of aromatic nitrogens is 1. The zero-order valence-corrected chi connectivity index (χ0v) is 10.9. The smallest absolute Gasteiger partial charge is 0.320 e. The van der Waals surface area contributed by atoms with E-state index in [1.165, 1.54) is 12.3 Å². The molecule has 0 saturated carbocycles. The third-order valence-corrected chi connectivity index (χ3v) is 3.48. The average Bonchev–Trinajstić information content (AvgIpc) is 2.39. The highest BCUT2D eigenvalue weighted by Gasteiger charge is 2.24. The van der Waals surface area contributed by atoms with Crippen LogP contribution >= 0.6 is 0 Å². The van der Waals surface area contributed by atoms with E-state index in [9.17, 15) is 9.18 Å². The molecule has 0 bridgehead atoms. The maximum absolute atomic E-state index is 13.0. The Morgan fingerprint density at radius 2 is 2.11 bits per heavy atom. The lowest BCUT2D eigenvalue weighted by Crippen LogP contribution is -2.51. The van der Waals surface area contributed by atoms with E-state index in [0.29, 0.717) is 6.54 Å². The van der Waals surface area contributed by atoms with Crippen molar-refractivity contribution in [1.29, 1.82) is 0 Å². The number of aliphatic carboxylic acids is 1. The van der Waals surface area contributed by atoms with Gasteiger partial charge in [-0.25, -0.2) is 4.39 Å². The van der Waals surface area contributed by atoms with Gasteiger partial charge in [0.05, 0.1) is 6.20 Å². The van der Waals surface area contributed by atoms with Gasteiger partial charge in [-0.15, -0.1) is 0 Å². The highest BCUT2D eigenvalue weighted by molar-refractivity contribution is 5.72. The van der Waals surface area contributed by atoms with Crippen LogP contribution in [0, 0.1) is 5.82 Å². The number of pyridine rings is 1. The molecule has 1 aliphatic rings. The van der Waals surface area contributed by atoms with Crippen LogP contribution < -0.4 is 0 Å². The van der Waals surface area contributed by atoms with E-state index in [1.807, 2.05) is 4.90 Å². The molecule has 2 heterocycles. The van der Waals surface area contributed by atoms with Gasteiger partial charge in [-0.3, -0.25) is 19.6 Å². The van der Waals surface area contributed by atoms with Gasteiger partial charge in [0.1, 0.15) is 11.9 Å². The Kier molecular flexibility index (Phi) is 4.44. The summed E-state index contributed by atoms with van der Waals surface area (Å²) in [6.07, 6.45) is 2.85. The van der Waals surface area contributed by atoms with Crippen molar-refractivity contribution in [2.24, 2.45) is 0 Å². The van der Waals surface area contributed by atoms with Crippen LogP contribution in [0.2, 0.25) is 0 Å². The second-order valence-electron chi connectivity index (χ2n) is 4.84. The van der Waals surface area contributed by atoms with Crippen LogP contribution in [-0.2, 0) is 11.3 Å². The monoisotopic (exact) mass is 267 g/mol. The minimum absolute atomic E-state index is 0.323. The quantitative estimate of drug-likeness (QED) is 0.875. The molecule has 19 heavy (non-hydrogen) atoms. The van der Waals surface area contributed by atoms with Gasteiger partial charge in [0.15, 0.2) is 0 Å². The summed E-state index contributed by atoms with van der Waals surface area (Å²) < 4.78 is 13.0. The lowest BCUT2D eigenvalue weighted by Gasteiger charge is -2.36. The fraction of sp³-hybridized carbons (Fsp3) is 0.538. The third-order valence-electron chi connectivity index (χ3n) is 3.48. The molecule has 1 N–H and O–H groups in total. The fourth-order valence-corrected chi connectivity index (χ4v) is 2.27. The molecular weight excluding hydrogens is 249 g/mol. The van der Waals surface area contributed by atoms with Gasteiger partial charge in [-0.2, -0.15) is 0 Å². The van der Waals surface area contributed by atoms with Crippen LogP contribution in [0.25, 0.3) is 0 Å². The summed E-state index contributed by atoms with van der Waals surface area (Å²) in [5, 5.41) is 8.96. The lowest BCUT2D eigenvalue weighted by atomic mass is 10.2. The molecule has 1 aliphatic heterocycles. The highest BCUT2D eigenvalue weighted by Crippen LogP contribution is 2.10. The molecule has 0 radical (unpaired) electrons. The predicted octanol–water partition coefficient (Wildman–Crippen LogP) is 0.811. The van der Waals surface area contributed by atoms with Crippen LogP contribution in [0.4, 0.5) is 4.39 Å². The summed E-state index contributed by atoms with van der Waals surface area (Å²) >= 11 is 0. The van der Waals surface area contributed by atoms with Crippen molar-refractivity contribution in [2.45, 2.75) is 19.5 Å². The van der Waals surface area contributed by atoms with E-state index in [1.54, 1.807) is 13.1 Å². The van der Waals surface area contributed by atoms with Gasteiger partial charge in [-0.1, -0.05) is 0 Å². The number of hydrogen-bond acceptors (Lipinski definition) is 4. The Morgan fingerprint density at radius 3 is 2.68 bits per heavy atom. The van der Waals surface area contributed by atoms with Crippen LogP contribution in [0.3, 0.4) is 0 Å². The number of carboxylic acids is 1. The number of hydrogen-bond donors (Lipinski definition) is 1. The Morgan fingerprint density at radius 1 is 1.42 bits per heavy atom. The van der Waals surface area contributed by atoms with Crippen molar-refractivity contribution in [2.75, 3.05) is 26.2 Å². The van der Waals surface area contributed by atoms with Crippen LogP contribution in [0.15, 0.2) is 18.5 Å². The van der Waals surface area contributed by atoms with Gasteiger partial charge >= 0.3 is 5.97 Å². The summed E-state index contributed by atoms with van der Waals surface area (Å²) in [5.74, 6) is -1.11. The van der Waals surface area contributed by atoms with Crippen LogP contribution in [0.1, 0.15) is 12.5 Å². The van der Waals surface area contributed by atoms with Crippen molar-refractivity contribution in [3.63, 3.8) is 0 Å². The van der Waals surface area contributed by atoms with Crippen molar-refractivity contribution < 1.29 is 14.3 Å². The number of carboxylic acid groups (broad SMARTS) is 1. The predicted molar refractivity (Wildman–Crippen MR) is 68.1 cm³/mol. The van der Waals surface area contributed by atoms with E-state index >= 15 is 0 Å². The Hall–Kier alpha value is -1.53. The van der Waals surface area contributed by atoms with Gasteiger partial charge in [-0.05, 0) is 18.6 Å². The maximum Gasteiger partial charge on any atom is 0.320 e. The largest absolute Gasteiger partial charge is 0.480 e. The van der Waals surface area contributed by atoms with Crippen LogP contribution in [-0.4, -0.2) is 58.1 Å². The summed E-state index contributed by atoms with van der Waals surface area (Å²) in [6, 6.07) is 1.04. The lowest BCUT2D eigenvalue weighted by molar-refractivity contribution is -0.143. The molecule has 1 atom stereocenters. The zero-order valence-electron chi connectivity index (χ0n) is 10.9. The molecular formula is C13H18FN3O2. The van der Waals surface area contributed by atoms with Crippen molar-refractivity contribution in [1.82, 2.24) is 14.8 Å². The van der Waals surface area contributed by atoms with E-state index < -0.39 is 12.0 Å². The maximum atomic E-state index is 13.0. The van der Waals surface area contributed by atoms with E-state index in [4.69, 9.17) is 5.11 Å². The number of rotatable bonds is 4. The first kappa shape index (κ1) is 13.9. The Bertz CT molecular complexity index is 447. The SMILES string of the molecule is CC(C(=O)O)N1CCN(Cc2cncc(F)c2)CC1. The Labute approximate surface area is 111 Å². The van der Waals surface area contributed by atoms with E-state index in [-0.39, 0.29) is 5.82 Å². The molecule has 1 fully saturated rings. The van der Waals surface area contributed by atoms with Gasteiger partial charge < -0.3 is 5.11 Å². The summed E-state index contributed by atoms with van der Waals surface area (Å²) in [6.45, 7) is 5.36. The first-order chi connectivity index (χ1) is 9.06. The molecule has 0 spiro atoms. The van der Waals surface area contributed by atoms with Crippen LogP contribution in [0.5, 0.6) is 0 Å². The molecule has 1 aromatic rings. The molecule has 2 rings (SSSR count). The first-order valence-electron chi connectivity index (χ1n) is 6.35. The molecule has 104 valence electrons. The van der Waals surface area contributed by atoms with Gasteiger partial charge in [0.25, 0.3) is 0 Å². The highest BCUT2D eigenvalue weighted by atomic mass is 19.1. The normalized spacial score (nSPS) is 19.3. The standard InChI is InChI=1S/C13H18FN3O2/c1-10(13(18)19)17-4-2-16(3-5-17)9-11-6-12(14)8-15-7-11/h6-8,10H,2-5,9H2,1H3,(H,18,19). The van der Waals surface area contributed by atoms with Crippen molar-refractivity contribution >= 4 is 5.97 Å². The number of halogens is 1. The molecule has 1 aromatic heterocycles. The molecule has 5 nitrogen and oxygen atoms in total. The molecule has 1 unspecified atom stereocenters. The zero-order chi connectivity index (χ0) is 13.8. The second-order valence-corrected chi connectivity index (χ2v) is 4.84. The van der Waals surface area contributed by atoms with Gasteiger partial charge in [0.2, 0.25) is 0 Å². The van der Waals surface area contributed by atoms with Crippen molar-refractivity contribution in [3.8, 4) is 0 Å². The fourth-order valence-electron chi connectivity index (χ4n) is 2.27. The molecule has 6 heteroatoms. The summed E-state index contributed by atoms with van der Waals surface area (Å²) in [5.41, 5.74) is 0.847. The topological polar surface area (TPSA) is 56.7 Å². The first-order valence-corrected chi connectivity index (χ1v) is 6.35. The Balaban J connectivity index is 1.85. The third kappa shape index (κ3) is 3.71. The molecule has 1 saturated heterocycles. The van der Waals surface area contributed by atoms with E-state index in [0.717, 1.165) is 31.7 Å². The number of carbonyl (C=O) groups is 1. The minimum atomic E-state index is -0.789. The number of piperazine rings is 1. The van der Waals surface area contributed by atoms with Crippen molar-refractivity contribution in [3.05, 3.63) is 29.8 Å². The van der Waals surface area contributed by atoms with Gasteiger partial charge in [0, 0.05) is 38.9 Å². The summed E-state index contributed by atoms with van der Waals surface area (Å²) in [4.78, 5) is 18.9. The summed E-state index contributed by atoms with van der Waals surface area (Å²) in [7, 11) is 0. The molecule has 0 aromatic carbocycles.